The maximum absolute atomic E-state index is 13.3. The molecule has 0 radical (unpaired) electrons. The van der Waals surface area contributed by atoms with Gasteiger partial charge in [-0.3, -0.25) is 14.5 Å². The number of hydrogen-bond donors (Lipinski definition) is 1. The highest BCUT2D eigenvalue weighted by Crippen LogP contribution is 2.37. The zero-order valence-electron chi connectivity index (χ0n) is 20.6. The summed E-state index contributed by atoms with van der Waals surface area (Å²) in [5.74, 6) is 0.392. The number of carbonyl (C=O) groups is 2. The summed E-state index contributed by atoms with van der Waals surface area (Å²) in [6.45, 7) is 8.50. The van der Waals surface area contributed by atoms with Crippen LogP contribution in [0.5, 0.6) is 5.75 Å². The lowest BCUT2D eigenvalue weighted by Gasteiger charge is -2.38. The highest BCUT2D eigenvalue weighted by molar-refractivity contribution is 8.08. The van der Waals surface area contributed by atoms with E-state index in [2.05, 4.69) is 13.5 Å². The van der Waals surface area contributed by atoms with Crippen LogP contribution in [0.4, 0.5) is 0 Å². The second-order valence-corrected chi connectivity index (χ2v) is 9.92. The highest BCUT2D eigenvalue weighted by atomic mass is 32.2. The van der Waals surface area contributed by atoms with Crippen LogP contribution in [0.3, 0.4) is 0 Å². The van der Waals surface area contributed by atoms with Gasteiger partial charge < -0.3 is 15.4 Å². The number of ether oxygens (including phenoxy) is 1. The Labute approximate surface area is 216 Å². The average Bonchev–Trinajstić information content (AvgIpc) is 2.90. The molecule has 2 amide bonds. The second-order valence-electron chi connectivity index (χ2n) is 8.78. The summed E-state index contributed by atoms with van der Waals surface area (Å²) in [7, 11) is 1.65. The van der Waals surface area contributed by atoms with Crippen molar-refractivity contribution in [3.05, 3.63) is 102 Å². The van der Waals surface area contributed by atoms with E-state index in [1.807, 2.05) is 82.6 Å². The van der Waals surface area contributed by atoms with Crippen LogP contribution >= 0.6 is 11.8 Å². The summed E-state index contributed by atoms with van der Waals surface area (Å²) in [6, 6.07) is 22.6. The Morgan fingerprint density at radius 2 is 1.64 bits per heavy atom. The first-order valence-corrected chi connectivity index (χ1v) is 12.7. The molecule has 0 saturated carbocycles. The number of thioether (sulfide) groups is 1. The van der Waals surface area contributed by atoms with E-state index in [-0.39, 0.29) is 11.8 Å². The SMILES string of the molecule is C=C(Sc1cc(OC)ccc1C)c1cccc(C(=O)N2CCN(C(C(N)=O)c3ccccc3)CC2)c1. The lowest BCUT2D eigenvalue weighted by molar-refractivity contribution is -0.124. The molecule has 36 heavy (non-hydrogen) atoms. The molecular weight excluding hydrogens is 470 g/mol. The molecule has 1 atom stereocenters. The minimum absolute atomic E-state index is 0.0257. The molecule has 2 N–H and O–H groups in total. The number of primary amides is 1. The molecule has 0 spiro atoms. The van der Waals surface area contributed by atoms with Gasteiger partial charge in [-0.25, -0.2) is 0 Å². The van der Waals surface area contributed by atoms with Gasteiger partial charge in [-0.2, -0.15) is 0 Å². The number of hydrogen-bond acceptors (Lipinski definition) is 5. The van der Waals surface area contributed by atoms with Crippen LogP contribution in [0.15, 0.2) is 84.3 Å². The van der Waals surface area contributed by atoms with Crippen molar-refractivity contribution in [3.63, 3.8) is 0 Å². The first-order chi connectivity index (χ1) is 17.4. The fourth-order valence-electron chi connectivity index (χ4n) is 4.39. The Balaban J connectivity index is 1.42. The molecule has 0 aromatic heterocycles. The van der Waals surface area contributed by atoms with Crippen molar-refractivity contribution in [2.24, 2.45) is 5.73 Å². The smallest absolute Gasteiger partial charge is 0.253 e. The highest BCUT2D eigenvalue weighted by Gasteiger charge is 2.30. The molecule has 3 aromatic carbocycles. The van der Waals surface area contributed by atoms with Crippen LogP contribution in [-0.2, 0) is 4.79 Å². The third-order valence-electron chi connectivity index (χ3n) is 6.41. The van der Waals surface area contributed by atoms with E-state index in [1.165, 1.54) is 0 Å². The van der Waals surface area contributed by atoms with Gasteiger partial charge in [-0.15, -0.1) is 0 Å². The Kier molecular flexibility index (Phi) is 8.13. The topological polar surface area (TPSA) is 75.9 Å². The third-order valence-corrected chi connectivity index (χ3v) is 7.55. The molecule has 1 aliphatic heterocycles. The van der Waals surface area contributed by atoms with E-state index < -0.39 is 6.04 Å². The molecule has 1 aliphatic rings. The normalized spacial score (nSPS) is 14.8. The van der Waals surface area contributed by atoms with Gasteiger partial charge in [-0.05, 0) is 47.9 Å². The predicted octanol–water partition coefficient (Wildman–Crippen LogP) is 4.75. The van der Waals surface area contributed by atoms with Crippen molar-refractivity contribution in [1.82, 2.24) is 9.80 Å². The Bertz CT molecular complexity index is 1250. The lowest BCUT2D eigenvalue weighted by atomic mass is 10.0. The number of nitrogens with zero attached hydrogens (tertiary/aromatic N) is 2. The van der Waals surface area contributed by atoms with Gasteiger partial charge in [-0.1, -0.05) is 66.9 Å². The van der Waals surface area contributed by atoms with Gasteiger partial charge in [0.15, 0.2) is 0 Å². The largest absolute Gasteiger partial charge is 0.497 e. The van der Waals surface area contributed by atoms with Gasteiger partial charge in [0.1, 0.15) is 11.8 Å². The van der Waals surface area contributed by atoms with Gasteiger partial charge in [0.2, 0.25) is 5.91 Å². The fraction of sp³-hybridized carbons (Fsp3) is 0.241. The van der Waals surface area contributed by atoms with E-state index in [0.29, 0.717) is 31.7 Å². The number of aryl methyl sites for hydroxylation is 1. The van der Waals surface area contributed by atoms with Crippen LogP contribution in [0.25, 0.3) is 4.91 Å². The number of carbonyl (C=O) groups excluding carboxylic acids is 2. The van der Waals surface area contributed by atoms with E-state index in [4.69, 9.17) is 10.5 Å². The number of piperazine rings is 1. The molecule has 3 aromatic rings. The zero-order chi connectivity index (χ0) is 25.7. The molecule has 1 unspecified atom stereocenters. The number of rotatable bonds is 8. The van der Waals surface area contributed by atoms with Gasteiger partial charge in [0, 0.05) is 41.5 Å². The van der Waals surface area contributed by atoms with Crippen LogP contribution in [0.2, 0.25) is 0 Å². The molecule has 186 valence electrons. The molecule has 1 saturated heterocycles. The molecule has 1 fully saturated rings. The van der Waals surface area contributed by atoms with Crippen molar-refractivity contribution in [2.45, 2.75) is 17.9 Å². The molecule has 0 aliphatic carbocycles. The van der Waals surface area contributed by atoms with E-state index in [0.717, 1.165) is 32.2 Å². The van der Waals surface area contributed by atoms with Gasteiger partial charge in [0.05, 0.1) is 7.11 Å². The van der Waals surface area contributed by atoms with Crippen molar-refractivity contribution >= 4 is 28.5 Å². The Hall–Kier alpha value is -3.55. The monoisotopic (exact) mass is 501 g/mol. The maximum Gasteiger partial charge on any atom is 0.253 e. The molecule has 7 heteroatoms. The first-order valence-electron chi connectivity index (χ1n) is 11.9. The van der Waals surface area contributed by atoms with Gasteiger partial charge >= 0.3 is 0 Å². The summed E-state index contributed by atoms with van der Waals surface area (Å²) in [5, 5.41) is 0. The molecule has 1 heterocycles. The van der Waals surface area contributed by atoms with E-state index >= 15 is 0 Å². The van der Waals surface area contributed by atoms with Crippen LogP contribution in [-0.4, -0.2) is 54.9 Å². The third kappa shape index (κ3) is 5.80. The Morgan fingerprint density at radius 1 is 0.944 bits per heavy atom. The maximum atomic E-state index is 13.3. The number of benzene rings is 3. The van der Waals surface area contributed by atoms with Crippen molar-refractivity contribution in [1.29, 1.82) is 0 Å². The van der Waals surface area contributed by atoms with Crippen LogP contribution in [0, 0.1) is 6.92 Å². The summed E-state index contributed by atoms with van der Waals surface area (Å²) in [4.78, 5) is 31.3. The Morgan fingerprint density at radius 3 is 2.31 bits per heavy atom. The fourth-order valence-corrected chi connectivity index (χ4v) is 5.31. The lowest BCUT2D eigenvalue weighted by Crippen LogP contribution is -2.51. The van der Waals surface area contributed by atoms with Crippen LogP contribution in [0.1, 0.15) is 33.1 Å². The number of nitrogens with two attached hydrogens (primary N) is 1. The molecule has 4 rings (SSSR count). The van der Waals surface area contributed by atoms with E-state index in [9.17, 15) is 9.59 Å². The first kappa shape index (κ1) is 25.5. The van der Waals surface area contributed by atoms with Gasteiger partial charge in [0.25, 0.3) is 5.91 Å². The second kappa shape index (κ2) is 11.5. The molecule has 6 nitrogen and oxygen atoms in total. The number of methoxy groups -OCH3 is 1. The quantitative estimate of drug-likeness (QED) is 0.451. The summed E-state index contributed by atoms with van der Waals surface area (Å²) >= 11 is 1.56. The molecular formula is C29H31N3O3S. The minimum Gasteiger partial charge on any atom is -0.497 e. The summed E-state index contributed by atoms with van der Waals surface area (Å²) in [6.07, 6.45) is 0. The van der Waals surface area contributed by atoms with E-state index in [1.54, 1.807) is 18.9 Å². The standard InChI is InChI=1S/C29H31N3O3S/c1-20-12-13-25(35-3)19-26(20)36-21(2)23-10-7-11-24(18-23)29(34)32-16-14-31(15-17-32)27(28(30)33)22-8-5-4-6-9-22/h4-13,18-19,27H,2,14-17H2,1,3H3,(H2,30,33). The van der Waals surface area contributed by atoms with Crippen LogP contribution < -0.4 is 10.5 Å². The zero-order valence-corrected chi connectivity index (χ0v) is 21.5. The van der Waals surface area contributed by atoms with Crippen molar-refractivity contribution in [2.75, 3.05) is 33.3 Å². The van der Waals surface area contributed by atoms with Crippen molar-refractivity contribution < 1.29 is 14.3 Å². The average molecular weight is 502 g/mol. The van der Waals surface area contributed by atoms with Crippen molar-refractivity contribution in [3.8, 4) is 5.75 Å². The molecule has 0 bridgehead atoms. The number of amides is 2. The predicted molar refractivity (Wildman–Crippen MR) is 145 cm³/mol. The summed E-state index contributed by atoms with van der Waals surface area (Å²) in [5.41, 5.74) is 9.27. The minimum atomic E-state index is -0.493. The summed E-state index contributed by atoms with van der Waals surface area (Å²) < 4.78 is 5.35.